The quantitative estimate of drug-likeness (QED) is 0.919. The van der Waals surface area contributed by atoms with E-state index < -0.39 is 0 Å². The van der Waals surface area contributed by atoms with Gasteiger partial charge in [-0.3, -0.25) is 4.79 Å². The van der Waals surface area contributed by atoms with E-state index in [0.29, 0.717) is 4.88 Å². The van der Waals surface area contributed by atoms with Crippen molar-refractivity contribution in [3.05, 3.63) is 45.9 Å². The van der Waals surface area contributed by atoms with E-state index in [1.165, 1.54) is 11.5 Å². The molecule has 2 rings (SSSR count). The maximum Gasteiger partial charge on any atom is 0.267 e. The lowest BCUT2D eigenvalue weighted by molar-refractivity contribution is 0.103. The number of rotatable bonds is 2. The molecular formula is C10H7BrN2OS. The molecule has 3 nitrogen and oxygen atoms in total. The van der Waals surface area contributed by atoms with Crippen LogP contribution in [-0.2, 0) is 0 Å². The van der Waals surface area contributed by atoms with Crippen molar-refractivity contribution in [1.29, 1.82) is 0 Å². The number of nitrogens with zero attached hydrogens (tertiary/aromatic N) is 1. The Balaban J connectivity index is 2.13. The molecular weight excluding hydrogens is 276 g/mol. The Hall–Kier alpha value is -1.20. The van der Waals surface area contributed by atoms with Crippen LogP contribution < -0.4 is 5.32 Å². The number of nitrogens with one attached hydrogen (secondary N) is 1. The van der Waals surface area contributed by atoms with Crippen LogP contribution in [0, 0.1) is 0 Å². The number of carbonyl (C=O) groups is 1. The highest BCUT2D eigenvalue weighted by Gasteiger charge is 2.07. The van der Waals surface area contributed by atoms with Gasteiger partial charge in [-0.2, -0.15) is 0 Å². The van der Waals surface area contributed by atoms with Crippen molar-refractivity contribution in [2.45, 2.75) is 0 Å². The Bertz CT molecular complexity index is 470. The van der Waals surface area contributed by atoms with Gasteiger partial charge in [0.25, 0.3) is 5.91 Å². The summed E-state index contributed by atoms with van der Waals surface area (Å²) in [6.45, 7) is 0. The zero-order valence-corrected chi connectivity index (χ0v) is 10.0. The first-order chi connectivity index (χ1) is 7.25. The number of benzene rings is 1. The molecule has 0 radical (unpaired) electrons. The lowest BCUT2D eigenvalue weighted by Gasteiger charge is -2.02. The second-order valence-electron chi connectivity index (χ2n) is 2.84. The zero-order chi connectivity index (χ0) is 10.7. The second kappa shape index (κ2) is 4.55. The fraction of sp³-hybridized carbons (Fsp3) is 0. The van der Waals surface area contributed by atoms with Crippen LogP contribution in [0.2, 0.25) is 0 Å². The van der Waals surface area contributed by atoms with Crippen molar-refractivity contribution in [3.63, 3.8) is 0 Å². The summed E-state index contributed by atoms with van der Waals surface area (Å²) in [5.74, 6) is -0.129. The van der Waals surface area contributed by atoms with Crippen LogP contribution in [0.4, 0.5) is 5.69 Å². The van der Waals surface area contributed by atoms with Crippen molar-refractivity contribution in [1.82, 2.24) is 4.37 Å². The SMILES string of the molecule is O=C(Nc1cccc(Br)c1)c1ccns1. The smallest absolute Gasteiger partial charge is 0.267 e. The summed E-state index contributed by atoms with van der Waals surface area (Å²) in [7, 11) is 0. The van der Waals surface area contributed by atoms with Crippen LogP contribution in [0.15, 0.2) is 41.0 Å². The molecule has 0 saturated heterocycles. The van der Waals surface area contributed by atoms with Crippen molar-refractivity contribution in [2.75, 3.05) is 5.32 Å². The highest BCUT2D eigenvalue weighted by Crippen LogP contribution is 2.17. The summed E-state index contributed by atoms with van der Waals surface area (Å²) < 4.78 is 4.81. The van der Waals surface area contributed by atoms with Gasteiger partial charge < -0.3 is 5.32 Å². The van der Waals surface area contributed by atoms with Gasteiger partial charge in [-0.25, -0.2) is 4.37 Å². The molecule has 1 N–H and O–H groups in total. The maximum atomic E-state index is 11.6. The van der Waals surface area contributed by atoms with Gasteiger partial charge in [-0.15, -0.1) is 0 Å². The number of hydrogen-bond donors (Lipinski definition) is 1. The average Bonchev–Trinajstić information content (AvgIpc) is 2.70. The molecule has 0 aliphatic rings. The highest BCUT2D eigenvalue weighted by molar-refractivity contribution is 9.10. The van der Waals surface area contributed by atoms with Gasteiger partial charge in [-0.05, 0) is 35.8 Å². The molecule has 0 atom stereocenters. The maximum absolute atomic E-state index is 11.6. The third-order valence-corrected chi connectivity index (χ3v) is 2.98. The summed E-state index contributed by atoms with van der Waals surface area (Å²) in [5.41, 5.74) is 0.766. The summed E-state index contributed by atoms with van der Waals surface area (Å²) in [4.78, 5) is 12.2. The number of halogens is 1. The first kappa shape index (κ1) is 10.3. The Morgan fingerprint density at radius 2 is 2.27 bits per heavy atom. The van der Waals surface area contributed by atoms with E-state index in [4.69, 9.17) is 0 Å². The molecule has 0 unspecified atom stereocenters. The van der Waals surface area contributed by atoms with Gasteiger partial charge >= 0.3 is 0 Å². The monoisotopic (exact) mass is 282 g/mol. The summed E-state index contributed by atoms with van der Waals surface area (Å²) >= 11 is 4.52. The molecule has 0 fully saturated rings. The first-order valence-electron chi connectivity index (χ1n) is 4.23. The van der Waals surface area contributed by atoms with Gasteiger partial charge in [0.1, 0.15) is 4.88 Å². The van der Waals surface area contributed by atoms with E-state index in [2.05, 4.69) is 25.6 Å². The minimum absolute atomic E-state index is 0.129. The predicted octanol–water partition coefficient (Wildman–Crippen LogP) is 3.16. The number of aromatic nitrogens is 1. The molecule has 1 heterocycles. The van der Waals surface area contributed by atoms with Gasteiger partial charge in [0.2, 0.25) is 0 Å². The lowest BCUT2D eigenvalue weighted by atomic mass is 10.3. The Morgan fingerprint density at radius 3 is 2.93 bits per heavy atom. The van der Waals surface area contributed by atoms with E-state index in [1.807, 2.05) is 24.3 Å². The molecule has 0 bridgehead atoms. The van der Waals surface area contributed by atoms with Crippen LogP contribution in [0.1, 0.15) is 9.67 Å². The van der Waals surface area contributed by atoms with Crippen molar-refractivity contribution in [3.8, 4) is 0 Å². The molecule has 0 saturated carbocycles. The van der Waals surface area contributed by atoms with Crippen molar-refractivity contribution in [2.24, 2.45) is 0 Å². The lowest BCUT2D eigenvalue weighted by Crippen LogP contribution is -2.09. The zero-order valence-electron chi connectivity index (χ0n) is 7.61. The third kappa shape index (κ3) is 2.64. The number of anilines is 1. The van der Waals surface area contributed by atoms with Crippen LogP contribution in [0.3, 0.4) is 0 Å². The molecule has 1 aromatic carbocycles. The third-order valence-electron chi connectivity index (χ3n) is 1.74. The molecule has 5 heteroatoms. The molecule has 0 aliphatic carbocycles. The molecule has 1 aromatic heterocycles. The minimum Gasteiger partial charge on any atom is -0.321 e. The fourth-order valence-corrected chi connectivity index (χ4v) is 1.98. The topological polar surface area (TPSA) is 42.0 Å². The van der Waals surface area contributed by atoms with Crippen LogP contribution >= 0.6 is 27.5 Å². The molecule has 1 amide bonds. The van der Waals surface area contributed by atoms with Crippen molar-refractivity contribution >= 4 is 39.1 Å². The number of amides is 1. The molecule has 76 valence electrons. The van der Waals surface area contributed by atoms with E-state index >= 15 is 0 Å². The largest absolute Gasteiger partial charge is 0.321 e. The molecule has 0 spiro atoms. The minimum atomic E-state index is -0.129. The predicted molar refractivity (Wildman–Crippen MR) is 64.2 cm³/mol. The van der Waals surface area contributed by atoms with Gasteiger partial charge in [-0.1, -0.05) is 22.0 Å². The fourth-order valence-electron chi connectivity index (χ4n) is 1.09. The Labute approximate surface area is 99.4 Å². The normalized spacial score (nSPS) is 9.93. The van der Waals surface area contributed by atoms with Crippen LogP contribution in [0.25, 0.3) is 0 Å². The molecule has 0 aliphatic heterocycles. The van der Waals surface area contributed by atoms with Gasteiger partial charge in [0, 0.05) is 16.4 Å². The van der Waals surface area contributed by atoms with Gasteiger partial charge in [0.15, 0.2) is 0 Å². The Morgan fingerprint density at radius 1 is 1.40 bits per heavy atom. The number of carbonyl (C=O) groups excluding carboxylic acids is 1. The second-order valence-corrected chi connectivity index (χ2v) is 4.59. The first-order valence-corrected chi connectivity index (χ1v) is 5.80. The van der Waals surface area contributed by atoms with Gasteiger partial charge in [0.05, 0.1) is 0 Å². The summed E-state index contributed by atoms with van der Waals surface area (Å²) in [6.07, 6.45) is 1.61. The van der Waals surface area contributed by atoms with E-state index in [-0.39, 0.29) is 5.91 Å². The van der Waals surface area contributed by atoms with E-state index in [0.717, 1.165) is 10.2 Å². The van der Waals surface area contributed by atoms with E-state index in [9.17, 15) is 4.79 Å². The van der Waals surface area contributed by atoms with Crippen molar-refractivity contribution < 1.29 is 4.79 Å². The molecule has 2 aromatic rings. The summed E-state index contributed by atoms with van der Waals surface area (Å²) in [6, 6.07) is 9.15. The Kier molecular flexibility index (Phi) is 3.13. The molecule has 15 heavy (non-hydrogen) atoms. The highest BCUT2D eigenvalue weighted by atomic mass is 79.9. The van der Waals surface area contributed by atoms with Crippen LogP contribution in [0.5, 0.6) is 0 Å². The summed E-state index contributed by atoms with van der Waals surface area (Å²) in [5, 5.41) is 2.79. The standard InChI is InChI=1S/C10H7BrN2OS/c11-7-2-1-3-8(6-7)13-10(14)9-4-5-12-15-9/h1-6H,(H,13,14). The van der Waals surface area contributed by atoms with Crippen LogP contribution in [-0.4, -0.2) is 10.3 Å². The van der Waals surface area contributed by atoms with E-state index in [1.54, 1.807) is 12.3 Å². The average molecular weight is 283 g/mol. The number of hydrogen-bond acceptors (Lipinski definition) is 3.